The number of carbonyl (C=O) groups is 4. The first-order chi connectivity index (χ1) is 19.0. The van der Waals surface area contributed by atoms with Crippen molar-refractivity contribution in [3.8, 4) is 0 Å². The van der Waals surface area contributed by atoms with Gasteiger partial charge in [-0.25, -0.2) is 9.59 Å². The summed E-state index contributed by atoms with van der Waals surface area (Å²) in [4.78, 5) is 48.4. The number of hydrogen-bond acceptors (Lipinski definition) is 7. The maximum Gasteiger partial charge on any atom is 0.328 e. The van der Waals surface area contributed by atoms with Gasteiger partial charge in [0.25, 0.3) is 0 Å². The average molecular weight is 597 g/mol. The quantitative estimate of drug-likeness (QED) is 0.227. The molecule has 230 valence electrons. The number of carbonyl (C=O) groups excluding carboxylic acids is 2. The number of piperazine rings is 1. The van der Waals surface area contributed by atoms with Crippen molar-refractivity contribution in [1.29, 1.82) is 0 Å². The number of carboxylic acid groups (broad SMARTS) is 2. The summed E-state index contributed by atoms with van der Waals surface area (Å²) < 4.78 is 0. The van der Waals surface area contributed by atoms with Gasteiger partial charge >= 0.3 is 11.9 Å². The predicted octanol–water partition coefficient (Wildman–Crippen LogP) is 2.60. The van der Waals surface area contributed by atoms with E-state index in [1.165, 1.54) is 0 Å². The summed E-state index contributed by atoms with van der Waals surface area (Å²) >= 11 is 6.32. The number of aliphatic carboxylic acids is 2. The number of halogens is 1. The van der Waals surface area contributed by atoms with Crippen LogP contribution in [0.2, 0.25) is 5.02 Å². The normalized spacial score (nSPS) is 17.6. The molecular formula is C29H45ClN4O7. The number of hydrogen-bond donors (Lipinski definition) is 5. The summed E-state index contributed by atoms with van der Waals surface area (Å²) in [7, 11) is 0. The van der Waals surface area contributed by atoms with E-state index in [0.29, 0.717) is 48.4 Å². The molecule has 2 rings (SSSR count). The van der Waals surface area contributed by atoms with E-state index in [-0.39, 0.29) is 42.2 Å². The molecule has 11 nitrogen and oxygen atoms in total. The smallest absolute Gasteiger partial charge is 0.328 e. The van der Waals surface area contributed by atoms with Gasteiger partial charge in [-0.1, -0.05) is 51.4 Å². The minimum Gasteiger partial charge on any atom is -0.478 e. The number of carboxylic acids is 2. The van der Waals surface area contributed by atoms with Crippen LogP contribution in [0.3, 0.4) is 0 Å². The molecule has 0 spiro atoms. The van der Waals surface area contributed by atoms with E-state index >= 15 is 0 Å². The maximum absolute atomic E-state index is 12.9. The summed E-state index contributed by atoms with van der Waals surface area (Å²) in [6.45, 7) is 13.8. The number of nitrogens with two attached hydrogens (primary N) is 1. The third kappa shape index (κ3) is 12.2. The third-order valence-electron chi connectivity index (χ3n) is 6.79. The Morgan fingerprint density at radius 2 is 1.66 bits per heavy atom. The molecular weight excluding hydrogens is 552 g/mol. The fraction of sp³-hybridized carbons (Fsp3) is 0.586. The lowest BCUT2D eigenvalue weighted by Crippen LogP contribution is -2.64. The highest BCUT2D eigenvalue weighted by atomic mass is 35.5. The molecule has 2 amide bonds. The van der Waals surface area contributed by atoms with E-state index in [1.54, 1.807) is 11.0 Å². The molecule has 0 unspecified atom stereocenters. The second-order valence-corrected chi connectivity index (χ2v) is 12.0. The average Bonchev–Trinajstić information content (AvgIpc) is 2.87. The number of para-hydroxylation sites is 1. The van der Waals surface area contributed by atoms with E-state index in [4.69, 9.17) is 27.5 Å². The Morgan fingerprint density at radius 1 is 1.10 bits per heavy atom. The van der Waals surface area contributed by atoms with Crippen molar-refractivity contribution in [3.05, 3.63) is 41.4 Å². The SMILES string of the molecule is CC(C)CNC(=O)[C@@H](C[C@H](O)[C@@H](N)CN1CC(=O)N(c2ccccc2Cl)CC1(C)C)C(C)C.O=C(O)/C=C/C(=O)O. The molecule has 12 heteroatoms. The Balaban J connectivity index is 0.000000915. The van der Waals surface area contributed by atoms with Crippen LogP contribution in [0.5, 0.6) is 0 Å². The van der Waals surface area contributed by atoms with Crippen LogP contribution in [0.15, 0.2) is 36.4 Å². The van der Waals surface area contributed by atoms with Crippen molar-refractivity contribution in [3.63, 3.8) is 0 Å². The molecule has 0 bridgehead atoms. The first-order valence-electron chi connectivity index (χ1n) is 13.6. The zero-order chi connectivity index (χ0) is 31.5. The van der Waals surface area contributed by atoms with Crippen LogP contribution in [0.4, 0.5) is 5.69 Å². The number of nitrogens with zero attached hydrogens (tertiary/aromatic N) is 2. The van der Waals surface area contributed by atoms with Gasteiger partial charge in [0, 0.05) is 49.3 Å². The number of anilines is 1. The van der Waals surface area contributed by atoms with Crippen molar-refractivity contribution in [2.75, 3.05) is 31.1 Å². The van der Waals surface area contributed by atoms with Crippen LogP contribution in [-0.2, 0) is 19.2 Å². The van der Waals surface area contributed by atoms with Crippen LogP contribution < -0.4 is 16.0 Å². The van der Waals surface area contributed by atoms with Crippen molar-refractivity contribution >= 4 is 41.0 Å². The second-order valence-electron chi connectivity index (χ2n) is 11.6. The standard InChI is InChI=1S/C25H41ClN4O3.C4H4O4/c1-16(2)12-28-24(33)18(17(3)4)11-22(31)20(27)13-29-14-23(32)30(15-25(29,5)6)21-10-8-7-9-19(21)26;5-3(6)1-2-4(7)8/h7-10,16-18,20,22,31H,11-15,27H2,1-6H3,(H,28,33);1-2H,(H,5,6)(H,7,8)/b;2-1+/t18-,20-,22-;/m0./s1. The zero-order valence-electron chi connectivity index (χ0n) is 24.7. The van der Waals surface area contributed by atoms with Crippen LogP contribution in [-0.4, -0.2) is 87.8 Å². The molecule has 1 aliphatic heterocycles. The zero-order valence-corrected chi connectivity index (χ0v) is 25.5. The monoisotopic (exact) mass is 596 g/mol. The highest BCUT2D eigenvalue weighted by Gasteiger charge is 2.40. The number of aliphatic hydroxyl groups is 1. The largest absolute Gasteiger partial charge is 0.478 e. The van der Waals surface area contributed by atoms with Gasteiger partial charge in [0.05, 0.1) is 23.4 Å². The number of nitrogens with one attached hydrogen (secondary N) is 1. The maximum atomic E-state index is 12.9. The molecule has 0 aromatic heterocycles. The van der Waals surface area contributed by atoms with E-state index in [0.717, 1.165) is 0 Å². The lowest BCUT2D eigenvalue weighted by Gasteiger charge is -2.47. The van der Waals surface area contributed by atoms with Gasteiger partial charge in [0.1, 0.15) is 0 Å². The van der Waals surface area contributed by atoms with E-state index in [9.17, 15) is 24.3 Å². The Labute approximate surface area is 247 Å². The first kappa shape index (κ1) is 36.0. The Kier molecular flexibility index (Phi) is 14.5. The van der Waals surface area contributed by atoms with E-state index < -0.39 is 24.1 Å². The van der Waals surface area contributed by atoms with Gasteiger partial charge in [-0.3, -0.25) is 14.5 Å². The van der Waals surface area contributed by atoms with Crippen LogP contribution in [0.1, 0.15) is 48.0 Å². The minimum atomic E-state index is -1.26. The summed E-state index contributed by atoms with van der Waals surface area (Å²) in [5.74, 6) is -2.50. The number of benzene rings is 1. The third-order valence-corrected chi connectivity index (χ3v) is 7.11. The number of aliphatic hydroxyl groups excluding tert-OH is 1. The summed E-state index contributed by atoms with van der Waals surface area (Å²) in [5.41, 5.74) is 6.72. The molecule has 1 heterocycles. The first-order valence-corrected chi connectivity index (χ1v) is 14.0. The molecule has 41 heavy (non-hydrogen) atoms. The molecule has 0 saturated carbocycles. The molecule has 6 N–H and O–H groups in total. The van der Waals surface area contributed by atoms with Gasteiger partial charge in [-0.05, 0) is 44.2 Å². The lowest BCUT2D eigenvalue weighted by molar-refractivity contribution is -0.134. The van der Waals surface area contributed by atoms with Gasteiger partial charge in [0.15, 0.2) is 0 Å². The summed E-state index contributed by atoms with van der Waals surface area (Å²) in [6, 6.07) is 6.74. The van der Waals surface area contributed by atoms with E-state index in [2.05, 4.69) is 19.2 Å². The highest BCUT2D eigenvalue weighted by Crippen LogP contribution is 2.31. The second kappa shape index (κ2) is 16.5. The molecule has 1 aliphatic rings. The number of amides is 2. The number of rotatable bonds is 12. The molecule has 1 saturated heterocycles. The highest BCUT2D eigenvalue weighted by molar-refractivity contribution is 6.33. The summed E-state index contributed by atoms with van der Waals surface area (Å²) in [5, 5.41) is 30.0. The summed E-state index contributed by atoms with van der Waals surface area (Å²) in [6.07, 6.45) is 0.552. The lowest BCUT2D eigenvalue weighted by atomic mass is 9.86. The topological polar surface area (TPSA) is 173 Å². The van der Waals surface area contributed by atoms with Crippen LogP contribution in [0.25, 0.3) is 0 Å². The van der Waals surface area contributed by atoms with Gasteiger partial charge in [-0.15, -0.1) is 0 Å². The van der Waals surface area contributed by atoms with E-state index in [1.807, 2.05) is 50.8 Å². The van der Waals surface area contributed by atoms with Gasteiger partial charge in [0.2, 0.25) is 11.8 Å². The fourth-order valence-electron chi connectivity index (χ4n) is 4.31. The Morgan fingerprint density at radius 3 is 2.15 bits per heavy atom. The van der Waals surface area contributed by atoms with Gasteiger partial charge < -0.3 is 31.3 Å². The predicted molar refractivity (Wildman–Crippen MR) is 159 cm³/mol. The van der Waals surface area contributed by atoms with Crippen molar-refractivity contribution in [1.82, 2.24) is 10.2 Å². The molecule has 0 radical (unpaired) electrons. The molecule has 3 atom stereocenters. The fourth-order valence-corrected chi connectivity index (χ4v) is 4.55. The molecule has 1 aromatic rings. The van der Waals surface area contributed by atoms with Crippen molar-refractivity contribution in [2.45, 2.75) is 65.6 Å². The Bertz CT molecular complexity index is 1060. The van der Waals surface area contributed by atoms with Crippen LogP contribution >= 0.6 is 11.6 Å². The van der Waals surface area contributed by atoms with Crippen LogP contribution in [0, 0.1) is 17.8 Å². The van der Waals surface area contributed by atoms with Crippen molar-refractivity contribution < 1.29 is 34.5 Å². The molecule has 1 fully saturated rings. The minimum absolute atomic E-state index is 0.0474. The van der Waals surface area contributed by atoms with Gasteiger partial charge in [-0.2, -0.15) is 0 Å². The molecule has 1 aromatic carbocycles. The molecule has 0 aliphatic carbocycles. The Hall–Kier alpha value is -2.99. The van der Waals surface area contributed by atoms with Crippen molar-refractivity contribution in [2.24, 2.45) is 23.5 Å².